The molecule has 244 valence electrons. The Morgan fingerprint density at radius 1 is 0.723 bits per heavy atom. The Balaban J connectivity index is 0.00000217. The number of hydrogen-bond donors (Lipinski definition) is 0. The summed E-state index contributed by atoms with van der Waals surface area (Å²) in [5.74, 6) is 0.235. The van der Waals surface area contributed by atoms with E-state index in [0.29, 0.717) is 9.54 Å². The van der Waals surface area contributed by atoms with Crippen molar-refractivity contribution in [2.45, 2.75) is 90.6 Å². The van der Waals surface area contributed by atoms with Crippen molar-refractivity contribution in [2.24, 2.45) is 11.3 Å². The van der Waals surface area contributed by atoms with Gasteiger partial charge in [0.15, 0.2) is 0 Å². The minimum atomic E-state index is -2.75. The summed E-state index contributed by atoms with van der Waals surface area (Å²) in [4.78, 5) is 0. The summed E-state index contributed by atoms with van der Waals surface area (Å²) in [7, 11) is 0. The van der Waals surface area contributed by atoms with Gasteiger partial charge in [-0.05, 0) is 0 Å². The molecular formula is C43H47Cl2FZr. The van der Waals surface area contributed by atoms with Crippen LogP contribution < -0.4 is 24.8 Å². The largest absolute Gasteiger partial charge is 1.00 e. The van der Waals surface area contributed by atoms with Crippen LogP contribution in [0.25, 0.3) is 22.3 Å². The Bertz CT molecular complexity index is 1890. The first-order valence-electron chi connectivity index (χ1n) is 16.7. The van der Waals surface area contributed by atoms with Gasteiger partial charge in [-0.2, -0.15) is 0 Å². The Kier molecular flexibility index (Phi) is 9.26. The van der Waals surface area contributed by atoms with Crippen LogP contribution in [-0.2, 0) is 32.1 Å². The summed E-state index contributed by atoms with van der Waals surface area (Å²) in [5, 5.41) is 0. The van der Waals surface area contributed by atoms with Crippen LogP contribution in [-0.4, -0.2) is 3.71 Å². The van der Waals surface area contributed by atoms with E-state index in [9.17, 15) is 4.39 Å². The summed E-state index contributed by atoms with van der Waals surface area (Å²) in [6, 6.07) is 17.5. The van der Waals surface area contributed by atoms with Gasteiger partial charge in [0.1, 0.15) is 0 Å². The van der Waals surface area contributed by atoms with E-state index in [0.717, 1.165) is 5.56 Å². The summed E-state index contributed by atoms with van der Waals surface area (Å²) >= 11 is -2.75. The number of halogens is 3. The van der Waals surface area contributed by atoms with E-state index in [1.807, 2.05) is 12.1 Å². The molecule has 0 aromatic heterocycles. The zero-order chi connectivity index (χ0) is 32.4. The van der Waals surface area contributed by atoms with Crippen LogP contribution in [0.2, 0.25) is 0 Å². The van der Waals surface area contributed by atoms with Crippen molar-refractivity contribution in [3.8, 4) is 11.1 Å². The van der Waals surface area contributed by atoms with E-state index in [1.54, 1.807) is 15.4 Å². The minimum Gasteiger partial charge on any atom is -1.00 e. The maximum atomic E-state index is 14.2. The topological polar surface area (TPSA) is 0 Å². The normalized spacial score (nSPS) is 20.1. The molecule has 0 nitrogen and oxygen atoms in total. The average molecular weight is 745 g/mol. The smallest absolute Gasteiger partial charge is 1.00 e. The molecule has 0 aliphatic heterocycles. The van der Waals surface area contributed by atoms with Crippen molar-refractivity contribution in [1.82, 2.24) is 0 Å². The minimum absolute atomic E-state index is 0. The van der Waals surface area contributed by atoms with E-state index in [4.69, 9.17) is 0 Å². The summed E-state index contributed by atoms with van der Waals surface area (Å²) in [6.07, 6.45) is 7.46. The molecule has 0 spiro atoms. The zero-order valence-corrected chi connectivity index (χ0v) is 33.7. The van der Waals surface area contributed by atoms with E-state index < -0.39 is 21.3 Å². The molecule has 0 fully saturated rings. The first-order valence-corrected chi connectivity index (χ1v) is 20.7. The van der Waals surface area contributed by atoms with Crippen molar-refractivity contribution in [2.75, 3.05) is 0 Å². The number of benzene rings is 3. The molecule has 4 aliphatic carbocycles. The molecule has 0 saturated heterocycles. The third kappa shape index (κ3) is 5.73. The number of allylic oxidation sites excluding steroid dienone is 8. The fourth-order valence-electron chi connectivity index (χ4n) is 9.08. The van der Waals surface area contributed by atoms with Crippen molar-refractivity contribution in [3.63, 3.8) is 0 Å². The van der Waals surface area contributed by atoms with E-state index in [1.165, 1.54) is 66.8 Å². The molecule has 0 saturated carbocycles. The van der Waals surface area contributed by atoms with Crippen LogP contribution in [0.4, 0.5) is 4.39 Å². The van der Waals surface area contributed by atoms with Crippen LogP contribution in [0.1, 0.15) is 119 Å². The Labute approximate surface area is 302 Å². The molecule has 0 heterocycles. The second-order valence-corrected chi connectivity index (χ2v) is 22.0. The van der Waals surface area contributed by atoms with Gasteiger partial charge in [0.2, 0.25) is 0 Å². The Morgan fingerprint density at radius 3 is 1.62 bits per heavy atom. The molecule has 3 aromatic rings. The average Bonchev–Trinajstić information content (AvgIpc) is 3.58. The Hall–Kier alpha value is -2.12. The third-order valence-electron chi connectivity index (χ3n) is 11.0. The predicted molar refractivity (Wildman–Crippen MR) is 188 cm³/mol. The van der Waals surface area contributed by atoms with Crippen molar-refractivity contribution >= 4 is 14.9 Å². The van der Waals surface area contributed by atoms with Crippen molar-refractivity contribution in [3.05, 3.63) is 126 Å². The number of rotatable bonds is 3. The monoisotopic (exact) mass is 742 g/mol. The molecule has 0 radical (unpaired) electrons. The summed E-state index contributed by atoms with van der Waals surface area (Å²) in [5.41, 5.74) is 18.7. The van der Waals surface area contributed by atoms with Gasteiger partial charge in [-0.25, -0.2) is 0 Å². The summed E-state index contributed by atoms with van der Waals surface area (Å²) in [6.45, 7) is 25.9. The number of fused-ring (bicyclic) bond motifs is 5. The molecule has 4 aliphatic rings. The molecular weight excluding hydrogens is 698 g/mol. The predicted octanol–water partition coefficient (Wildman–Crippen LogP) is 5.66. The van der Waals surface area contributed by atoms with Crippen molar-refractivity contribution < 1.29 is 50.5 Å². The van der Waals surface area contributed by atoms with Gasteiger partial charge in [-0.15, -0.1) is 0 Å². The van der Waals surface area contributed by atoms with Crippen molar-refractivity contribution in [1.29, 1.82) is 0 Å². The van der Waals surface area contributed by atoms with Crippen LogP contribution in [0.15, 0.2) is 81.2 Å². The molecule has 0 N–H and O–H groups in total. The quantitative estimate of drug-likeness (QED) is 0.325. The molecule has 3 aromatic carbocycles. The standard InChI is InChI=1S/C25H25.C11H17.C7H5F.2ClH.Zr/c1-14-12-24(3,4)22-8-16-7-17-9-23-19(15(2)13-25(23,5)6)11-21(17)20(16)10-18(14)22;1-8-6-9(2)10(7-8)11(3,4)5;1-6-2-4-7(8)5-3-6;;;/h7-13H,1-6H3;7-8H,1-5H3;1-5H;2*1H;/q;;;;;+2/p-2. The van der Waals surface area contributed by atoms with Gasteiger partial charge in [0.25, 0.3) is 0 Å². The van der Waals surface area contributed by atoms with Crippen LogP contribution in [0.3, 0.4) is 0 Å². The maximum absolute atomic E-state index is 14.2. The molecule has 1 atom stereocenters. The van der Waals surface area contributed by atoms with Gasteiger partial charge in [0.05, 0.1) is 0 Å². The molecule has 7 rings (SSSR count). The van der Waals surface area contributed by atoms with Gasteiger partial charge >= 0.3 is 280 Å². The Morgan fingerprint density at radius 2 is 1.19 bits per heavy atom. The first kappa shape index (κ1) is 36.2. The van der Waals surface area contributed by atoms with Gasteiger partial charge in [-0.3, -0.25) is 0 Å². The van der Waals surface area contributed by atoms with Crippen LogP contribution in [0, 0.1) is 17.2 Å². The molecule has 0 amide bonds. The van der Waals surface area contributed by atoms with Crippen LogP contribution >= 0.6 is 0 Å². The molecule has 47 heavy (non-hydrogen) atoms. The molecule has 1 unspecified atom stereocenters. The SMILES string of the molecule is CC1=CC(C)(C)c2cc3c(cc21)-c1cc2c(cc1[CH]3/[Zr+2](=[CH]/c1ccc(F)cc1)[C]1=C(C)C(C(C)(C)C)=CC1C)C(C)(C)C=C2C.[Cl-].[Cl-]. The molecule has 4 heteroatoms. The number of hydrogen-bond acceptors (Lipinski definition) is 0. The van der Waals surface area contributed by atoms with Gasteiger partial charge < -0.3 is 24.8 Å². The maximum Gasteiger partial charge on any atom is -1.00 e. The second-order valence-electron chi connectivity index (χ2n) is 16.3. The fraction of sp³-hybridized carbons (Fsp3) is 0.372. The fourth-order valence-corrected chi connectivity index (χ4v) is 17.7. The van der Waals surface area contributed by atoms with Gasteiger partial charge in [-0.1, -0.05) is 0 Å². The van der Waals surface area contributed by atoms with E-state index in [-0.39, 0.29) is 46.9 Å². The second kappa shape index (κ2) is 12.0. The summed E-state index contributed by atoms with van der Waals surface area (Å²) < 4.78 is 18.9. The third-order valence-corrected chi connectivity index (χ3v) is 19.2. The zero-order valence-electron chi connectivity index (χ0n) is 29.7. The van der Waals surface area contributed by atoms with Crippen LogP contribution in [0.5, 0.6) is 0 Å². The van der Waals surface area contributed by atoms with Gasteiger partial charge in [0, 0.05) is 0 Å². The van der Waals surface area contributed by atoms with E-state index in [2.05, 4.69) is 122 Å². The first-order chi connectivity index (χ1) is 21.0. The molecule has 0 bridgehead atoms. The van der Waals surface area contributed by atoms with E-state index >= 15 is 0 Å².